The number of hydrogen-bond acceptors (Lipinski definition) is 4. The van der Waals surface area contributed by atoms with Gasteiger partial charge in [-0.15, -0.1) is 0 Å². The van der Waals surface area contributed by atoms with E-state index >= 15 is 0 Å². The summed E-state index contributed by atoms with van der Waals surface area (Å²) in [5, 5.41) is 4.04. The van der Waals surface area contributed by atoms with Crippen LogP contribution in [0.15, 0.2) is 28.3 Å². The van der Waals surface area contributed by atoms with E-state index in [0.717, 1.165) is 57.0 Å². The summed E-state index contributed by atoms with van der Waals surface area (Å²) in [4.78, 5) is 17.3. The van der Waals surface area contributed by atoms with E-state index in [1.54, 1.807) is 0 Å². The molecule has 1 fully saturated rings. The van der Waals surface area contributed by atoms with Crippen molar-refractivity contribution in [2.75, 3.05) is 26.2 Å². The zero-order valence-corrected chi connectivity index (χ0v) is 14.9. The first-order valence-electron chi connectivity index (χ1n) is 8.82. The second kappa shape index (κ2) is 7.34. The van der Waals surface area contributed by atoms with E-state index in [9.17, 15) is 4.79 Å². The molecule has 0 aromatic carbocycles. The average Bonchev–Trinajstić information content (AvgIpc) is 2.78. The van der Waals surface area contributed by atoms with Crippen LogP contribution in [-0.4, -0.2) is 47.0 Å². The van der Waals surface area contributed by atoms with Gasteiger partial charge >= 0.3 is 0 Å². The van der Waals surface area contributed by atoms with Crippen LogP contribution >= 0.6 is 0 Å². The predicted octanol–water partition coefficient (Wildman–Crippen LogP) is 2.85. The highest BCUT2D eigenvalue weighted by atomic mass is 16.5. The lowest BCUT2D eigenvalue weighted by Crippen LogP contribution is -2.39. The van der Waals surface area contributed by atoms with Crippen molar-refractivity contribution in [3.05, 3.63) is 40.8 Å². The first kappa shape index (κ1) is 17.0. The molecule has 2 aliphatic rings. The van der Waals surface area contributed by atoms with Crippen LogP contribution in [0.2, 0.25) is 0 Å². The Morgan fingerprint density at radius 1 is 1.25 bits per heavy atom. The van der Waals surface area contributed by atoms with Gasteiger partial charge in [0.25, 0.3) is 0 Å². The third-order valence-corrected chi connectivity index (χ3v) is 5.12. The average molecular weight is 329 g/mol. The van der Waals surface area contributed by atoms with Crippen LogP contribution in [-0.2, 0) is 11.3 Å². The number of aryl methyl sites for hydroxylation is 2. The highest BCUT2D eigenvalue weighted by Crippen LogP contribution is 2.22. The molecule has 130 valence electrons. The molecule has 0 radical (unpaired) electrons. The molecule has 1 atom stereocenters. The predicted molar refractivity (Wildman–Crippen MR) is 93.5 cm³/mol. The Kier molecular flexibility index (Phi) is 5.19. The molecule has 1 aromatic rings. The zero-order valence-electron chi connectivity index (χ0n) is 14.9. The topological polar surface area (TPSA) is 49.6 Å². The molecule has 0 saturated carbocycles. The van der Waals surface area contributed by atoms with Gasteiger partial charge in [-0.05, 0) is 33.6 Å². The van der Waals surface area contributed by atoms with Gasteiger partial charge in [0.2, 0.25) is 5.91 Å². The summed E-state index contributed by atoms with van der Waals surface area (Å²) in [7, 11) is 0. The Morgan fingerprint density at radius 3 is 2.79 bits per heavy atom. The van der Waals surface area contributed by atoms with Gasteiger partial charge in [0.05, 0.1) is 11.6 Å². The lowest BCUT2D eigenvalue weighted by molar-refractivity contribution is -0.132. The maximum atomic E-state index is 12.8. The van der Waals surface area contributed by atoms with Crippen LogP contribution in [0.4, 0.5) is 0 Å². The summed E-state index contributed by atoms with van der Waals surface area (Å²) in [6.07, 6.45) is 8.26. The quantitative estimate of drug-likeness (QED) is 0.800. The molecule has 0 spiro atoms. The Balaban J connectivity index is 1.61. The summed E-state index contributed by atoms with van der Waals surface area (Å²) < 4.78 is 5.26. The summed E-state index contributed by atoms with van der Waals surface area (Å²) in [6.45, 7) is 10.4. The highest BCUT2D eigenvalue weighted by Gasteiger charge is 2.26. The van der Waals surface area contributed by atoms with Crippen molar-refractivity contribution in [3.63, 3.8) is 0 Å². The van der Waals surface area contributed by atoms with Crippen molar-refractivity contribution < 1.29 is 9.32 Å². The minimum Gasteiger partial charge on any atom is -0.361 e. The smallest absolute Gasteiger partial charge is 0.233 e. The lowest BCUT2D eigenvalue weighted by Gasteiger charge is -2.26. The Hall–Kier alpha value is -1.88. The maximum absolute atomic E-state index is 12.8. The van der Waals surface area contributed by atoms with Gasteiger partial charge < -0.3 is 9.42 Å². The van der Waals surface area contributed by atoms with Crippen LogP contribution in [0, 0.1) is 19.8 Å². The van der Waals surface area contributed by atoms with Crippen molar-refractivity contribution in [1.29, 1.82) is 0 Å². The minimum atomic E-state index is -0.0622. The lowest BCUT2D eigenvalue weighted by atomic mass is 9.93. The van der Waals surface area contributed by atoms with Crippen LogP contribution in [0.25, 0.3) is 0 Å². The van der Waals surface area contributed by atoms with E-state index in [-0.39, 0.29) is 11.8 Å². The van der Waals surface area contributed by atoms with Crippen LogP contribution in [0.3, 0.4) is 0 Å². The number of hydrogen-bond donors (Lipinski definition) is 0. The Labute approximate surface area is 144 Å². The van der Waals surface area contributed by atoms with Crippen molar-refractivity contribution in [3.8, 4) is 0 Å². The van der Waals surface area contributed by atoms with Crippen LogP contribution < -0.4 is 0 Å². The second-order valence-electron chi connectivity index (χ2n) is 6.85. The largest absolute Gasteiger partial charge is 0.361 e. The van der Waals surface area contributed by atoms with Gasteiger partial charge in [-0.25, -0.2) is 0 Å². The molecule has 1 aliphatic heterocycles. The van der Waals surface area contributed by atoms with Gasteiger partial charge in [-0.3, -0.25) is 9.69 Å². The fraction of sp³-hybridized carbons (Fsp3) is 0.579. The van der Waals surface area contributed by atoms with Gasteiger partial charge in [0.1, 0.15) is 5.76 Å². The van der Waals surface area contributed by atoms with Crippen molar-refractivity contribution >= 4 is 5.91 Å². The summed E-state index contributed by atoms with van der Waals surface area (Å²) >= 11 is 0. The number of amides is 1. The normalized spacial score (nSPS) is 22.4. The molecule has 1 unspecified atom stereocenters. The molecule has 5 nitrogen and oxygen atoms in total. The molecule has 1 aromatic heterocycles. The van der Waals surface area contributed by atoms with Crippen molar-refractivity contribution in [2.45, 2.75) is 40.2 Å². The van der Waals surface area contributed by atoms with Gasteiger partial charge in [-0.2, -0.15) is 0 Å². The SMILES string of the molecule is CC1=CCC=CC1C(=O)N1CCCN(Cc2c(C)noc2C)CC1. The Morgan fingerprint density at radius 2 is 2.08 bits per heavy atom. The molecule has 3 rings (SSSR count). The number of carbonyl (C=O) groups is 1. The highest BCUT2D eigenvalue weighted by molar-refractivity contribution is 5.83. The second-order valence-corrected chi connectivity index (χ2v) is 6.85. The third-order valence-electron chi connectivity index (χ3n) is 5.12. The van der Waals surface area contributed by atoms with E-state index in [2.05, 4.69) is 35.2 Å². The van der Waals surface area contributed by atoms with Gasteiger partial charge in [0.15, 0.2) is 0 Å². The van der Waals surface area contributed by atoms with Crippen LogP contribution in [0.5, 0.6) is 0 Å². The Bertz CT molecular complexity index is 640. The van der Waals surface area contributed by atoms with E-state index in [4.69, 9.17) is 4.52 Å². The molecule has 0 bridgehead atoms. The number of carbonyl (C=O) groups excluding carboxylic acids is 1. The first-order valence-corrected chi connectivity index (χ1v) is 8.82. The fourth-order valence-corrected chi connectivity index (χ4v) is 3.52. The molecule has 24 heavy (non-hydrogen) atoms. The van der Waals surface area contributed by atoms with Gasteiger partial charge in [-0.1, -0.05) is 29.0 Å². The molecule has 1 amide bonds. The van der Waals surface area contributed by atoms with Gasteiger partial charge in [0, 0.05) is 38.3 Å². The molecule has 2 heterocycles. The number of nitrogens with zero attached hydrogens (tertiary/aromatic N) is 3. The first-order chi connectivity index (χ1) is 11.6. The molecule has 1 saturated heterocycles. The zero-order chi connectivity index (χ0) is 17.1. The maximum Gasteiger partial charge on any atom is 0.233 e. The third kappa shape index (κ3) is 3.61. The van der Waals surface area contributed by atoms with E-state index in [0.29, 0.717) is 0 Å². The van der Waals surface area contributed by atoms with E-state index in [1.807, 2.05) is 18.7 Å². The van der Waals surface area contributed by atoms with Crippen molar-refractivity contribution in [2.24, 2.45) is 5.92 Å². The van der Waals surface area contributed by atoms with Crippen LogP contribution in [0.1, 0.15) is 36.8 Å². The molecular formula is C19H27N3O2. The van der Waals surface area contributed by atoms with E-state index < -0.39 is 0 Å². The number of aromatic nitrogens is 1. The minimum absolute atomic E-state index is 0.0622. The van der Waals surface area contributed by atoms with Crippen molar-refractivity contribution in [1.82, 2.24) is 15.0 Å². The number of rotatable bonds is 3. The molecule has 1 aliphatic carbocycles. The van der Waals surface area contributed by atoms with E-state index in [1.165, 1.54) is 11.1 Å². The standard InChI is InChI=1S/C19H27N3O2/c1-14-7-4-5-8-17(14)19(23)22-10-6-9-21(11-12-22)13-18-15(2)20-24-16(18)3/h5,7-8,17H,4,6,9-13H2,1-3H3. The summed E-state index contributed by atoms with van der Waals surface area (Å²) in [6, 6.07) is 0. The molecular weight excluding hydrogens is 302 g/mol. The fourth-order valence-electron chi connectivity index (χ4n) is 3.52. The molecule has 0 N–H and O–H groups in total. The summed E-state index contributed by atoms with van der Waals surface area (Å²) in [5.74, 6) is 1.09. The summed E-state index contributed by atoms with van der Waals surface area (Å²) in [5.41, 5.74) is 3.33. The molecule has 5 heteroatoms. The monoisotopic (exact) mass is 329 g/mol. The number of allylic oxidation sites excluding steroid dienone is 2.